The maximum atomic E-state index is 14.3. The van der Waals surface area contributed by atoms with E-state index in [-0.39, 0.29) is 33.0 Å². The lowest BCUT2D eigenvalue weighted by Crippen LogP contribution is -2.70. The van der Waals surface area contributed by atoms with Crippen LogP contribution in [0.5, 0.6) is 0 Å². The largest absolute Gasteiger partial charge is 0.467 e. The second-order valence-electron chi connectivity index (χ2n) is 13.2. The summed E-state index contributed by atoms with van der Waals surface area (Å²) in [7, 11) is 1.24. The number of ether oxygens (including phenoxy) is 8. The second kappa shape index (κ2) is 17.3. The third kappa shape index (κ3) is 9.23. The Morgan fingerprint density at radius 2 is 1.21 bits per heavy atom. The van der Waals surface area contributed by atoms with Crippen LogP contribution in [0.15, 0.2) is 121 Å². The fraction of sp³-hybridized carbons (Fsp3) is 0.366. The highest BCUT2D eigenvalue weighted by Gasteiger charge is 2.64. The van der Waals surface area contributed by atoms with Crippen molar-refractivity contribution in [2.75, 3.05) is 13.7 Å². The normalized spacial score (nSPS) is 22.1. The van der Waals surface area contributed by atoms with Crippen LogP contribution in [0.2, 0.25) is 0 Å². The first kappa shape index (κ1) is 37.1. The van der Waals surface area contributed by atoms with Gasteiger partial charge in [0.15, 0.2) is 17.6 Å². The van der Waals surface area contributed by atoms with Gasteiger partial charge in [-0.05, 0) is 36.1 Å². The lowest BCUT2D eigenvalue weighted by Gasteiger charge is -2.41. The van der Waals surface area contributed by atoms with E-state index in [4.69, 9.17) is 37.9 Å². The van der Waals surface area contributed by atoms with E-state index < -0.39 is 54.1 Å². The second-order valence-corrected chi connectivity index (χ2v) is 13.2. The molecule has 0 aromatic heterocycles. The zero-order valence-corrected chi connectivity index (χ0v) is 29.6. The van der Waals surface area contributed by atoms with Crippen molar-refractivity contribution < 1.29 is 47.5 Å². The Morgan fingerprint density at radius 1 is 0.712 bits per heavy atom. The summed E-state index contributed by atoms with van der Waals surface area (Å²) in [6, 6.07) is 37.8. The zero-order valence-electron chi connectivity index (χ0n) is 29.6. The Kier molecular flexibility index (Phi) is 12.3. The van der Waals surface area contributed by atoms with Gasteiger partial charge in [0.05, 0.1) is 33.5 Å². The van der Waals surface area contributed by atoms with E-state index in [9.17, 15) is 9.59 Å². The van der Waals surface area contributed by atoms with Crippen molar-refractivity contribution in [2.24, 2.45) is 0 Å². The van der Waals surface area contributed by atoms with Gasteiger partial charge in [-0.25, -0.2) is 9.59 Å². The molecule has 0 saturated carbocycles. The molecule has 1 N–H and O–H groups in total. The van der Waals surface area contributed by atoms with E-state index >= 15 is 0 Å². The number of nitrogens with one attached hydrogen (secondary N) is 1. The molecule has 0 bridgehead atoms. The van der Waals surface area contributed by atoms with Gasteiger partial charge in [-0.1, -0.05) is 121 Å². The molecule has 0 spiro atoms. The van der Waals surface area contributed by atoms with Gasteiger partial charge in [0, 0.05) is 0 Å². The van der Waals surface area contributed by atoms with Crippen LogP contribution in [-0.2, 0) is 69.1 Å². The van der Waals surface area contributed by atoms with E-state index in [2.05, 4.69) is 5.32 Å². The summed E-state index contributed by atoms with van der Waals surface area (Å²) in [6.45, 7) is 3.58. The summed E-state index contributed by atoms with van der Waals surface area (Å²) in [6.07, 6.45) is -5.57. The number of benzene rings is 4. The summed E-state index contributed by atoms with van der Waals surface area (Å²) in [4.78, 5) is 28.1. The maximum Gasteiger partial charge on any atom is 0.408 e. The first-order valence-corrected chi connectivity index (χ1v) is 17.3. The van der Waals surface area contributed by atoms with Gasteiger partial charge in [-0.2, -0.15) is 0 Å². The van der Waals surface area contributed by atoms with Crippen molar-refractivity contribution in [3.8, 4) is 0 Å². The van der Waals surface area contributed by atoms with Gasteiger partial charge >= 0.3 is 12.1 Å². The van der Waals surface area contributed by atoms with Crippen molar-refractivity contribution >= 4 is 12.1 Å². The van der Waals surface area contributed by atoms with Gasteiger partial charge in [-0.3, -0.25) is 0 Å². The summed E-state index contributed by atoms with van der Waals surface area (Å²) in [5.41, 5.74) is 1.36. The highest BCUT2D eigenvalue weighted by atomic mass is 16.8. The van der Waals surface area contributed by atoms with Crippen LogP contribution in [0.1, 0.15) is 36.1 Å². The molecule has 0 radical (unpaired) electrons. The molecule has 4 aromatic carbocycles. The molecule has 6 atom stereocenters. The molecule has 2 aliphatic rings. The molecule has 0 unspecified atom stereocenters. The van der Waals surface area contributed by atoms with Gasteiger partial charge in [-0.15, -0.1) is 0 Å². The molecule has 2 heterocycles. The van der Waals surface area contributed by atoms with Crippen LogP contribution in [0.25, 0.3) is 0 Å². The van der Waals surface area contributed by atoms with Crippen LogP contribution in [0.4, 0.5) is 4.79 Å². The number of alkyl carbamates (subject to hydrolysis) is 1. The van der Waals surface area contributed by atoms with Crippen molar-refractivity contribution in [1.82, 2.24) is 5.32 Å². The number of rotatable bonds is 16. The first-order chi connectivity index (χ1) is 25.3. The van der Waals surface area contributed by atoms with E-state index in [1.165, 1.54) is 7.11 Å². The molecule has 11 heteroatoms. The highest BCUT2D eigenvalue weighted by Crippen LogP contribution is 2.43. The Bertz CT molecular complexity index is 1710. The number of hydrogen-bond acceptors (Lipinski definition) is 10. The Morgan fingerprint density at radius 3 is 1.77 bits per heavy atom. The molecule has 2 saturated heterocycles. The fourth-order valence-corrected chi connectivity index (χ4v) is 6.44. The lowest BCUT2D eigenvalue weighted by atomic mass is 9.86. The predicted octanol–water partition coefficient (Wildman–Crippen LogP) is 6.09. The summed E-state index contributed by atoms with van der Waals surface area (Å²) in [5.74, 6) is -1.85. The van der Waals surface area contributed by atoms with Crippen molar-refractivity contribution in [3.05, 3.63) is 144 Å². The Balaban J connectivity index is 1.36. The average Bonchev–Trinajstić information content (AvgIpc) is 3.66. The number of carbonyl (C=O) groups is 2. The molecule has 0 aliphatic carbocycles. The SMILES string of the molecule is COC(=O)[C@@](COCc1ccccc1)(NC(=O)OCc1ccccc1)[C@@H](OCc1ccccc1)[C@H]1O[C@H](OCc2ccccc2)[C@H]2OC(C)(C)O[C@H]21. The molecule has 6 rings (SSSR count). The van der Waals surface area contributed by atoms with Crippen LogP contribution in [-0.4, -0.2) is 67.8 Å². The van der Waals surface area contributed by atoms with Crippen molar-refractivity contribution in [1.29, 1.82) is 0 Å². The molecular weight excluding hydrogens is 666 g/mol. The van der Waals surface area contributed by atoms with Crippen molar-refractivity contribution in [3.63, 3.8) is 0 Å². The van der Waals surface area contributed by atoms with Crippen LogP contribution in [0.3, 0.4) is 0 Å². The third-order valence-corrected chi connectivity index (χ3v) is 8.89. The highest BCUT2D eigenvalue weighted by molar-refractivity contribution is 5.87. The lowest BCUT2D eigenvalue weighted by molar-refractivity contribution is -0.256. The molecule has 274 valence electrons. The summed E-state index contributed by atoms with van der Waals surface area (Å²) < 4.78 is 49.7. The minimum absolute atomic E-state index is 0.0424. The molecule has 1 amide bonds. The van der Waals surface area contributed by atoms with E-state index in [0.29, 0.717) is 0 Å². The number of amides is 1. The number of esters is 1. The zero-order chi connectivity index (χ0) is 36.4. The average molecular weight is 712 g/mol. The smallest absolute Gasteiger partial charge is 0.408 e. The molecule has 4 aromatic rings. The standard InChI is InChI=1S/C41H45NO10/c1-40(2)51-33-34(50-37(35(33)52-40)48-26-31-20-12-6-13-21-31)36(47-25-30-18-10-5-11-19-30)41(38(43)45-3,28-46-24-29-16-8-4-9-17-29)42-39(44)49-27-32-22-14-7-15-23-32/h4-23,33-37H,24-28H2,1-3H3,(H,42,44)/t33-,34-,35-,36-,37-,41-/m0/s1. The van der Waals surface area contributed by atoms with Crippen LogP contribution >= 0.6 is 0 Å². The minimum Gasteiger partial charge on any atom is -0.467 e. The van der Waals surface area contributed by atoms with Gasteiger partial charge < -0.3 is 43.2 Å². The molecule has 11 nitrogen and oxygen atoms in total. The minimum atomic E-state index is -2.01. The molecule has 52 heavy (non-hydrogen) atoms. The van der Waals surface area contributed by atoms with Crippen LogP contribution in [0, 0.1) is 0 Å². The van der Waals surface area contributed by atoms with E-state index in [1.807, 2.05) is 121 Å². The third-order valence-electron chi connectivity index (χ3n) is 8.89. The summed E-state index contributed by atoms with van der Waals surface area (Å²) in [5, 5.41) is 2.82. The monoisotopic (exact) mass is 711 g/mol. The first-order valence-electron chi connectivity index (χ1n) is 17.3. The number of fused-ring (bicyclic) bond motifs is 1. The Labute approximate surface area is 304 Å². The van der Waals surface area contributed by atoms with E-state index in [1.54, 1.807) is 13.8 Å². The molecule has 2 fully saturated rings. The van der Waals surface area contributed by atoms with Gasteiger partial charge in [0.25, 0.3) is 0 Å². The fourth-order valence-electron chi connectivity index (χ4n) is 6.44. The number of hydrogen-bond donors (Lipinski definition) is 1. The van der Waals surface area contributed by atoms with Gasteiger partial charge in [0.1, 0.15) is 31.0 Å². The topological polar surface area (TPSA) is 120 Å². The number of methoxy groups -OCH3 is 1. The summed E-state index contributed by atoms with van der Waals surface area (Å²) >= 11 is 0. The predicted molar refractivity (Wildman–Crippen MR) is 189 cm³/mol. The Hall–Kier alpha value is -4.62. The molecular formula is C41H45NO10. The maximum absolute atomic E-state index is 14.3. The quantitative estimate of drug-likeness (QED) is 0.137. The number of carbonyl (C=O) groups excluding carboxylic acids is 2. The van der Waals surface area contributed by atoms with E-state index in [0.717, 1.165) is 22.3 Å². The van der Waals surface area contributed by atoms with Crippen molar-refractivity contribution in [2.45, 2.75) is 82.3 Å². The van der Waals surface area contributed by atoms with Gasteiger partial charge in [0.2, 0.25) is 0 Å². The van der Waals surface area contributed by atoms with Crippen LogP contribution < -0.4 is 5.32 Å². The molecule has 2 aliphatic heterocycles.